The second kappa shape index (κ2) is 5.85. The molecule has 1 aliphatic rings. The van der Waals surface area contributed by atoms with Gasteiger partial charge in [-0.25, -0.2) is 9.97 Å². The summed E-state index contributed by atoms with van der Waals surface area (Å²) in [5.74, 6) is 2.34. The second-order valence-electron chi connectivity index (χ2n) is 4.71. The van der Waals surface area contributed by atoms with Crippen LogP contribution in [0, 0.1) is 6.92 Å². The molecule has 0 aliphatic heterocycles. The summed E-state index contributed by atoms with van der Waals surface area (Å²) in [6.07, 6.45) is 2.36. The van der Waals surface area contributed by atoms with Gasteiger partial charge in [-0.05, 0) is 26.7 Å². The predicted molar refractivity (Wildman–Crippen MR) is 73.5 cm³/mol. The average molecular weight is 270 g/mol. The van der Waals surface area contributed by atoms with Crippen molar-refractivity contribution in [2.24, 2.45) is 0 Å². The molecule has 0 N–H and O–H groups in total. The highest BCUT2D eigenvalue weighted by Crippen LogP contribution is 2.39. The number of hydrogen-bond acceptors (Lipinski definition) is 4. The van der Waals surface area contributed by atoms with Crippen molar-refractivity contribution in [2.45, 2.75) is 32.6 Å². The molecule has 1 heterocycles. The van der Waals surface area contributed by atoms with Crippen molar-refractivity contribution in [1.29, 1.82) is 0 Å². The van der Waals surface area contributed by atoms with Gasteiger partial charge in [-0.1, -0.05) is 11.6 Å². The van der Waals surface area contributed by atoms with Gasteiger partial charge in [0.05, 0.1) is 6.61 Å². The molecule has 4 nitrogen and oxygen atoms in total. The molecule has 18 heavy (non-hydrogen) atoms. The van der Waals surface area contributed by atoms with Gasteiger partial charge in [0.2, 0.25) is 0 Å². The minimum absolute atomic E-state index is 0.516. The first-order valence-corrected chi connectivity index (χ1v) is 6.84. The molecule has 0 aromatic carbocycles. The van der Waals surface area contributed by atoms with Gasteiger partial charge in [-0.3, -0.25) is 0 Å². The zero-order chi connectivity index (χ0) is 13.1. The third kappa shape index (κ3) is 3.12. The third-order valence-corrected chi connectivity index (χ3v) is 3.53. The van der Waals surface area contributed by atoms with E-state index in [2.05, 4.69) is 14.9 Å². The first kappa shape index (κ1) is 13.6. The lowest BCUT2D eigenvalue weighted by molar-refractivity contribution is 0.154. The third-order valence-electron chi connectivity index (χ3n) is 3.16. The van der Waals surface area contributed by atoms with Crippen LogP contribution in [0.25, 0.3) is 0 Å². The highest BCUT2D eigenvalue weighted by Gasteiger charge is 2.28. The number of aromatic nitrogens is 2. The lowest BCUT2D eigenvalue weighted by Gasteiger charge is -2.21. The minimum atomic E-state index is 0.516. The second-order valence-corrected chi connectivity index (χ2v) is 5.07. The first-order chi connectivity index (χ1) is 8.63. The number of halogens is 1. The molecule has 5 heteroatoms. The Hall–Kier alpha value is -0.870. The maximum absolute atomic E-state index is 6.19. The topological polar surface area (TPSA) is 38.2 Å². The van der Waals surface area contributed by atoms with Crippen molar-refractivity contribution >= 4 is 17.4 Å². The van der Waals surface area contributed by atoms with Crippen LogP contribution in [0.5, 0.6) is 0 Å². The largest absolute Gasteiger partial charge is 0.380 e. The van der Waals surface area contributed by atoms with Gasteiger partial charge in [0.1, 0.15) is 16.8 Å². The van der Waals surface area contributed by atoms with Crippen molar-refractivity contribution in [1.82, 2.24) is 9.97 Å². The van der Waals surface area contributed by atoms with Crippen molar-refractivity contribution in [3.8, 4) is 0 Å². The summed E-state index contributed by atoms with van der Waals surface area (Å²) in [6.45, 7) is 6.22. The van der Waals surface area contributed by atoms with Gasteiger partial charge >= 0.3 is 0 Å². The number of ether oxygens (including phenoxy) is 1. The lowest BCUT2D eigenvalue weighted by Crippen LogP contribution is -2.25. The number of rotatable bonds is 6. The van der Waals surface area contributed by atoms with Crippen LogP contribution < -0.4 is 4.90 Å². The Kier molecular flexibility index (Phi) is 4.40. The molecule has 1 fully saturated rings. The summed E-state index contributed by atoms with van der Waals surface area (Å²) in [5, 5.41) is 0.574. The monoisotopic (exact) mass is 269 g/mol. The Morgan fingerprint density at radius 3 is 2.72 bits per heavy atom. The Balaban J connectivity index is 2.14. The molecule has 0 spiro atoms. The SMILES string of the molecule is CCOCCN(C)c1nc(C2CC2)nc(Cl)c1C. The van der Waals surface area contributed by atoms with E-state index in [1.807, 2.05) is 20.9 Å². The molecule has 0 unspecified atom stereocenters. The van der Waals surface area contributed by atoms with E-state index in [-0.39, 0.29) is 0 Å². The maximum atomic E-state index is 6.19. The van der Waals surface area contributed by atoms with E-state index in [4.69, 9.17) is 16.3 Å². The van der Waals surface area contributed by atoms with E-state index in [9.17, 15) is 0 Å². The minimum Gasteiger partial charge on any atom is -0.380 e. The average Bonchev–Trinajstić information content (AvgIpc) is 3.16. The summed E-state index contributed by atoms with van der Waals surface area (Å²) in [5.41, 5.74) is 0.945. The van der Waals surface area contributed by atoms with Crippen LogP contribution in [0.2, 0.25) is 5.15 Å². The summed E-state index contributed by atoms with van der Waals surface area (Å²) >= 11 is 6.19. The molecular formula is C13H20ClN3O. The Bertz CT molecular complexity index is 421. The molecule has 0 amide bonds. The highest BCUT2D eigenvalue weighted by atomic mass is 35.5. The van der Waals surface area contributed by atoms with Gasteiger partial charge in [-0.15, -0.1) is 0 Å². The molecule has 100 valence electrons. The van der Waals surface area contributed by atoms with E-state index in [0.29, 0.717) is 17.7 Å². The van der Waals surface area contributed by atoms with Crippen LogP contribution >= 0.6 is 11.6 Å². The Labute approximate surface area is 113 Å². The van der Waals surface area contributed by atoms with Crippen molar-refractivity contribution < 1.29 is 4.74 Å². The predicted octanol–water partition coefficient (Wildman–Crippen LogP) is 2.79. The molecule has 1 saturated carbocycles. The summed E-state index contributed by atoms with van der Waals surface area (Å²) < 4.78 is 5.37. The van der Waals surface area contributed by atoms with Gasteiger partial charge in [0.25, 0.3) is 0 Å². The van der Waals surface area contributed by atoms with Crippen LogP contribution in [0.1, 0.15) is 37.1 Å². The molecule has 2 rings (SSSR count). The Morgan fingerprint density at radius 1 is 1.39 bits per heavy atom. The van der Waals surface area contributed by atoms with Crippen molar-refractivity contribution in [2.75, 3.05) is 31.7 Å². The van der Waals surface area contributed by atoms with Gasteiger partial charge in [-0.2, -0.15) is 0 Å². The molecule has 1 aromatic heterocycles. The number of likely N-dealkylation sites (N-methyl/N-ethyl adjacent to an activating group) is 1. The van der Waals surface area contributed by atoms with Crippen LogP contribution in [-0.4, -0.2) is 36.8 Å². The molecule has 0 radical (unpaired) electrons. The van der Waals surface area contributed by atoms with Gasteiger partial charge in [0.15, 0.2) is 0 Å². The highest BCUT2D eigenvalue weighted by molar-refractivity contribution is 6.30. The van der Waals surface area contributed by atoms with Crippen LogP contribution in [0.4, 0.5) is 5.82 Å². The standard InChI is InChI=1S/C13H20ClN3O/c1-4-18-8-7-17(3)13-9(2)11(14)15-12(16-13)10-5-6-10/h10H,4-8H2,1-3H3. The van der Waals surface area contributed by atoms with E-state index in [1.54, 1.807) is 0 Å². The van der Waals surface area contributed by atoms with E-state index < -0.39 is 0 Å². The molecule has 1 aromatic rings. The van der Waals surface area contributed by atoms with E-state index in [1.165, 1.54) is 12.8 Å². The quantitative estimate of drug-likeness (QED) is 0.588. The maximum Gasteiger partial charge on any atom is 0.137 e. The molecule has 0 atom stereocenters. The van der Waals surface area contributed by atoms with Crippen LogP contribution in [0.15, 0.2) is 0 Å². The zero-order valence-electron chi connectivity index (χ0n) is 11.2. The van der Waals surface area contributed by atoms with Crippen LogP contribution in [-0.2, 0) is 4.74 Å². The van der Waals surface area contributed by atoms with E-state index in [0.717, 1.165) is 30.4 Å². The van der Waals surface area contributed by atoms with Gasteiger partial charge < -0.3 is 9.64 Å². The normalized spacial score (nSPS) is 14.9. The molecule has 0 bridgehead atoms. The number of hydrogen-bond donors (Lipinski definition) is 0. The summed E-state index contributed by atoms with van der Waals surface area (Å²) in [7, 11) is 2.02. The fourth-order valence-corrected chi connectivity index (χ4v) is 2.01. The first-order valence-electron chi connectivity index (χ1n) is 6.46. The lowest BCUT2D eigenvalue weighted by atomic mass is 10.3. The zero-order valence-corrected chi connectivity index (χ0v) is 12.0. The van der Waals surface area contributed by atoms with Crippen LogP contribution in [0.3, 0.4) is 0 Å². The van der Waals surface area contributed by atoms with E-state index >= 15 is 0 Å². The summed E-state index contributed by atoms with van der Waals surface area (Å²) in [6, 6.07) is 0. The fourth-order valence-electron chi connectivity index (χ4n) is 1.84. The molecule has 0 saturated heterocycles. The molecular weight excluding hydrogens is 250 g/mol. The fraction of sp³-hybridized carbons (Fsp3) is 0.692. The van der Waals surface area contributed by atoms with Crippen molar-refractivity contribution in [3.63, 3.8) is 0 Å². The summed E-state index contributed by atoms with van der Waals surface area (Å²) in [4.78, 5) is 11.1. The Morgan fingerprint density at radius 2 is 2.11 bits per heavy atom. The number of anilines is 1. The van der Waals surface area contributed by atoms with Gasteiger partial charge in [0, 0.05) is 31.7 Å². The van der Waals surface area contributed by atoms with Crippen molar-refractivity contribution in [3.05, 3.63) is 16.5 Å². The smallest absolute Gasteiger partial charge is 0.137 e. The molecule has 1 aliphatic carbocycles. The number of nitrogens with zero attached hydrogens (tertiary/aromatic N) is 3.